The fraction of sp³-hybridized carbons (Fsp3) is 0.462. The zero-order valence-corrected chi connectivity index (χ0v) is 27.8. The van der Waals surface area contributed by atoms with Gasteiger partial charge in [-0.15, -0.1) is 24.2 Å². The highest BCUT2D eigenvalue weighted by molar-refractivity contribution is 8.75. The minimum Gasteiger partial charge on any atom is -0.459 e. The summed E-state index contributed by atoms with van der Waals surface area (Å²) in [5.74, 6) is 11.7. The van der Waals surface area contributed by atoms with Gasteiger partial charge in [-0.2, -0.15) is 0 Å². The van der Waals surface area contributed by atoms with Crippen molar-refractivity contribution in [3.8, 4) is 36.0 Å². The fourth-order valence-corrected chi connectivity index (χ4v) is 25.0. The molecular formula is C13H20O2S15. The number of esters is 1. The van der Waals surface area contributed by atoms with Crippen molar-refractivity contribution in [2.24, 2.45) is 0 Å². The average Bonchev–Trinajstić information content (AvgIpc) is 2.75. The van der Waals surface area contributed by atoms with Crippen LogP contribution in [0.5, 0.6) is 0 Å². The molecule has 0 atom stereocenters. The van der Waals surface area contributed by atoms with Gasteiger partial charge in [0, 0.05) is 148 Å². The van der Waals surface area contributed by atoms with Crippen LogP contribution in [0.3, 0.4) is 0 Å². The minimum absolute atomic E-state index is 0. The molecule has 2 nitrogen and oxygen atoms in total. The van der Waals surface area contributed by atoms with Gasteiger partial charge in [0.2, 0.25) is 0 Å². The summed E-state index contributed by atoms with van der Waals surface area (Å²) in [5.41, 5.74) is 0. The van der Waals surface area contributed by atoms with E-state index in [2.05, 4.69) is 63.1 Å². The van der Waals surface area contributed by atoms with E-state index < -0.39 is 5.97 Å². The molecule has 174 valence electrons. The van der Waals surface area contributed by atoms with Crippen molar-refractivity contribution in [3.63, 3.8) is 0 Å². The van der Waals surface area contributed by atoms with E-state index in [-0.39, 0.29) is 7.43 Å². The molecule has 0 unspecified atom stereocenters. The molecule has 0 saturated heterocycles. The smallest absolute Gasteiger partial charge is 0.384 e. The Balaban J connectivity index is -0.0000000715. The van der Waals surface area contributed by atoms with Crippen LogP contribution in [0, 0.1) is 36.0 Å². The topological polar surface area (TPSA) is 26.3 Å². The molecule has 0 fully saturated rings. The Morgan fingerprint density at radius 1 is 0.733 bits per heavy atom. The molecule has 0 amide bonds. The zero-order valence-electron chi connectivity index (χ0n) is 15.5. The first kappa shape index (κ1) is 45.0. The van der Waals surface area contributed by atoms with Crippen LogP contribution in [0.4, 0.5) is 0 Å². The van der Waals surface area contributed by atoms with E-state index in [9.17, 15) is 4.79 Å². The Hall–Kier alpha value is 1.45. The Morgan fingerprint density at radius 2 is 1.00 bits per heavy atom. The van der Waals surface area contributed by atoms with E-state index in [1.165, 1.54) is 24.9 Å². The van der Waals surface area contributed by atoms with E-state index in [1.54, 1.807) is 93.8 Å². The van der Waals surface area contributed by atoms with Crippen LogP contribution in [0.15, 0.2) is 0 Å². The second-order valence-corrected chi connectivity index (χ2v) is 21.9. The Kier molecular flexibility index (Phi) is 86.1. The molecule has 0 saturated carbocycles. The Labute approximate surface area is 232 Å². The summed E-state index contributed by atoms with van der Waals surface area (Å²) in [5, 5.41) is 0. The summed E-state index contributed by atoms with van der Waals surface area (Å²) < 4.78 is 4.18. The number of terminal acetylenes is 1. The van der Waals surface area contributed by atoms with Crippen LogP contribution in [0.2, 0.25) is 0 Å². The third-order valence-corrected chi connectivity index (χ3v) is 23.2. The molecule has 0 heterocycles. The number of rotatable bonds is 0. The average molecular weight is 689 g/mol. The van der Waals surface area contributed by atoms with Gasteiger partial charge in [-0.1, -0.05) is 13.3 Å². The van der Waals surface area contributed by atoms with Crippen LogP contribution in [0.1, 0.15) is 35.1 Å². The molecule has 17 heteroatoms. The number of carbonyl (C=O) groups is 1. The lowest BCUT2D eigenvalue weighted by Crippen LogP contribution is -1.93. The standard InChI is InChI=1S/C5H6O2.C4H6.C3H4.CH4.S13.S2/c1-3-4-5(6)7-2;1-3-4-2;1-3-2;;1-3-5-7-9-11-13-12-10-8-6-4-2;1-2/h1-2H3;1-2H3;1H,2H3;1H4;;. The van der Waals surface area contributed by atoms with Crippen LogP contribution in [-0.2, 0) is 152 Å². The third-order valence-electron chi connectivity index (χ3n) is 0.940. The van der Waals surface area contributed by atoms with Gasteiger partial charge in [-0.25, -0.2) is 4.79 Å². The van der Waals surface area contributed by atoms with Gasteiger partial charge in [0.1, 0.15) is 0 Å². The molecule has 0 aromatic carbocycles. The van der Waals surface area contributed by atoms with Gasteiger partial charge in [0.25, 0.3) is 0 Å². The predicted octanol–water partition coefficient (Wildman–Crippen LogP) is 2.45. The van der Waals surface area contributed by atoms with Gasteiger partial charge >= 0.3 is 5.97 Å². The minimum atomic E-state index is -0.484. The molecule has 0 spiro atoms. The Bertz CT molecular complexity index is 987. The highest BCUT2D eigenvalue weighted by Crippen LogP contribution is 1.64. The second-order valence-electron chi connectivity index (χ2n) is 2.40. The van der Waals surface area contributed by atoms with Crippen molar-refractivity contribution in [2.75, 3.05) is 7.11 Å². The SMILES string of the molecule is C.C#CC.CC#CC.CC#CC(=O)OC.S=S.S=S=S=S=S=S=S=S=S=S=S=S=S. The van der Waals surface area contributed by atoms with E-state index in [0.717, 1.165) is 0 Å². The quantitative estimate of drug-likeness (QED) is 0.221. The highest BCUT2D eigenvalue weighted by atomic mass is 33.5. The van der Waals surface area contributed by atoms with Gasteiger partial charge in [0.05, 0.1) is 7.11 Å². The highest BCUT2D eigenvalue weighted by Gasteiger charge is 1.84. The zero-order chi connectivity index (χ0) is 23.6. The molecule has 0 radical (unpaired) electrons. The first-order chi connectivity index (χ1) is 14.1. The van der Waals surface area contributed by atoms with Crippen molar-refractivity contribution in [1.29, 1.82) is 0 Å². The lowest BCUT2D eigenvalue weighted by Gasteiger charge is -1.81. The number of hydrogen-bond donors (Lipinski definition) is 0. The number of carbonyl (C=O) groups excluding carboxylic acids is 1. The molecule has 0 aromatic rings. The van der Waals surface area contributed by atoms with Gasteiger partial charge in [-0.3, -0.25) is 0 Å². The summed E-state index contributed by atoms with van der Waals surface area (Å²) in [6.07, 6.45) is 4.60. The first-order valence-corrected chi connectivity index (χ1v) is 23.4. The predicted molar refractivity (Wildman–Crippen MR) is 176 cm³/mol. The van der Waals surface area contributed by atoms with E-state index in [4.69, 9.17) is 22.4 Å². The van der Waals surface area contributed by atoms with Crippen molar-refractivity contribution < 1.29 is 9.53 Å². The van der Waals surface area contributed by atoms with E-state index >= 15 is 0 Å². The largest absolute Gasteiger partial charge is 0.459 e. The van der Waals surface area contributed by atoms with Crippen molar-refractivity contribution in [2.45, 2.75) is 35.1 Å². The van der Waals surface area contributed by atoms with Crippen molar-refractivity contribution in [3.05, 3.63) is 0 Å². The van der Waals surface area contributed by atoms with E-state index in [0.29, 0.717) is 0 Å². The maximum Gasteiger partial charge on any atom is 0.384 e. The van der Waals surface area contributed by atoms with Gasteiger partial charge < -0.3 is 4.74 Å². The molecule has 0 aliphatic rings. The second kappa shape index (κ2) is 57.4. The molecule has 30 heavy (non-hydrogen) atoms. The molecular weight excluding hydrogens is 669 g/mol. The van der Waals surface area contributed by atoms with Crippen LogP contribution in [0.25, 0.3) is 0 Å². The summed E-state index contributed by atoms with van der Waals surface area (Å²) in [4.78, 5) is 10.0. The lowest BCUT2D eigenvalue weighted by molar-refractivity contribution is -0.133. The third kappa shape index (κ3) is 78.3. The fourth-order valence-electron chi connectivity index (χ4n) is 0.255. The summed E-state index contributed by atoms with van der Waals surface area (Å²) >= 11 is 16.7. The molecule has 0 N–H and O–H groups in total. The first-order valence-electron chi connectivity index (χ1n) is 6.02. The Morgan fingerprint density at radius 3 is 1.13 bits per heavy atom. The van der Waals surface area contributed by atoms with Crippen LogP contribution >= 0.6 is 0 Å². The van der Waals surface area contributed by atoms with Gasteiger partial charge in [0.15, 0.2) is 0 Å². The number of hydrogen-bond acceptors (Lipinski definition) is 6. The van der Waals surface area contributed by atoms with Gasteiger partial charge in [-0.05, 0) is 27.7 Å². The van der Waals surface area contributed by atoms with Crippen molar-refractivity contribution >= 4 is 148 Å². The van der Waals surface area contributed by atoms with Crippen molar-refractivity contribution in [1.82, 2.24) is 0 Å². The number of methoxy groups -OCH3 is 1. The molecule has 0 aliphatic heterocycles. The lowest BCUT2D eigenvalue weighted by atomic mass is 10.6. The monoisotopic (exact) mass is 688 g/mol. The summed E-state index contributed by atoms with van der Waals surface area (Å²) in [7, 11) is 19.4. The van der Waals surface area contributed by atoms with E-state index in [1.807, 2.05) is 13.8 Å². The normalized spacial score (nSPS) is 5.33. The molecule has 0 bridgehead atoms. The molecule has 0 aliphatic carbocycles. The molecule has 0 rings (SSSR count). The number of ether oxygens (including phenoxy) is 1. The van der Waals surface area contributed by atoms with Crippen LogP contribution in [-0.4, -0.2) is 13.1 Å². The maximum absolute atomic E-state index is 10.0. The van der Waals surface area contributed by atoms with Crippen LogP contribution < -0.4 is 0 Å². The molecule has 0 aromatic heterocycles. The maximum atomic E-state index is 10.0. The summed E-state index contributed by atoms with van der Waals surface area (Å²) in [6, 6.07) is 0. The summed E-state index contributed by atoms with van der Waals surface area (Å²) in [6.45, 7) is 6.87.